The summed E-state index contributed by atoms with van der Waals surface area (Å²) >= 11 is 7.21. The zero-order valence-electron chi connectivity index (χ0n) is 9.03. The van der Waals surface area contributed by atoms with Crippen molar-refractivity contribution in [1.82, 2.24) is 4.98 Å². The Bertz CT molecular complexity index is 547. The van der Waals surface area contributed by atoms with E-state index in [-0.39, 0.29) is 5.91 Å². The first-order chi connectivity index (χ1) is 8.08. The van der Waals surface area contributed by atoms with Crippen molar-refractivity contribution in [2.75, 3.05) is 11.1 Å². The highest BCUT2D eigenvalue weighted by Gasteiger charge is 2.14. The predicted octanol–water partition coefficient (Wildman–Crippen LogP) is 2.94. The van der Waals surface area contributed by atoms with E-state index in [1.54, 1.807) is 12.1 Å². The SMILES string of the molecule is Cc1cccc(Cl)c1C(=O)Nc1cnc(N)s1. The monoisotopic (exact) mass is 267 g/mol. The first-order valence-electron chi connectivity index (χ1n) is 4.85. The Morgan fingerprint density at radius 2 is 2.29 bits per heavy atom. The van der Waals surface area contributed by atoms with Gasteiger partial charge < -0.3 is 11.1 Å². The van der Waals surface area contributed by atoms with Crippen LogP contribution in [0.5, 0.6) is 0 Å². The minimum atomic E-state index is -0.253. The maximum absolute atomic E-state index is 12.0. The topological polar surface area (TPSA) is 68.0 Å². The van der Waals surface area contributed by atoms with Crippen molar-refractivity contribution >= 4 is 39.0 Å². The Morgan fingerprint density at radius 3 is 2.88 bits per heavy atom. The molecule has 2 rings (SSSR count). The lowest BCUT2D eigenvalue weighted by Crippen LogP contribution is -2.13. The van der Waals surface area contributed by atoms with Gasteiger partial charge in [-0.1, -0.05) is 35.1 Å². The van der Waals surface area contributed by atoms with E-state index in [1.165, 1.54) is 17.5 Å². The summed E-state index contributed by atoms with van der Waals surface area (Å²) in [6.45, 7) is 1.84. The molecular weight excluding hydrogens is 258 g/mol. The third-order valence-electron chi connectivity index (χ3n) is 2.21. The van der Waals surface area contributed by atoms with Crippen LogP contribution in [0, 0.1) is 6.92 Å². The summed E-state index contributed by atoms with van der Waals surface area (Å²) in [4.78, 5) is 15.9. The third-order valence-corrected chi connectivity index (χ3v) is 3.27. The average Bonchev–Trinajstić information content (AvgIpc) is 2.63. The number of hydrogen-bond acceptors (Lipinski definition) is 4. The minimum absolute atomic E-state index is 0.253. The Labute approximate surface area is 107 Å². The molecule has 0 atom stereocenters. The van der Waals surface area contributed by atoms with Gasteiger partial charge in [0.25, 0.3) is 5.91 Å². The number of halogens is 1. The second kappa shape index (κ2) is 4.73. The molecular formula is C11H10ClN3OS. The molecule has 0 fully saturated rings. The molecule has 1 aromatic heterocycles. The maximum Gasteiger partial charge on any atom is 0.258 e. The lowest BCUT2D eigenvalue weighted by Gasteiger charge is -2.07. The molecule has 88 valence electrons. The van der Waals surface area contributed by atoms with Crippen LogP contribution in [0.15, 0.2) is 24.4 Å². The van der Waals surface area contributed by atoms with Gasteiger partial charge in [0.15, 0.2) is 5.13 Å². The summed E-state index contributed by atoms with van der Waals surface area (Å²) in [5, 5.41) is 4.16. The number of thiazole rings is 1. The van der Waals surface area contributed by atoms with Crippen LogP contribution in [-0.2, 0) is 0 Å². The van der Waals surface area contributed by atoms with Crippen molar-refractivity contribution in [1.29, 1.82) is 0 Å². The number of rotatable bonds is 2. The summed E-state index contributed by atoms with van der Waals surface area (Å²) in [7, 11) is 0. The van der Waals surface area contributed by atoms with Gasteiger partial charge in [-0.25, -0.2) is 4.98 Å². The lowest BCUT2D eigenvalue weighted by atomic mass is 10.1. The van der Waals surface area contributed by atoms with Gasteiger partial charge in [-0.05, 0) is 18.6 Å². The van der Waals surface area contributed by atoms with Gasteiger partial charge in [0, 0.05) is 0 Å². The number of carbonyl (C=O) groups is 1. The van der Waals surface area contributed by atoms with Crippen molar-refractivity contribution in [3.63, 3.8) is 0 Å². The van der Waals surface area contributed by atoms with E-state index < -0.39 is 0 Å². The quantitative estimate of drug-likeness (QED) is 0.879. The molecule has 0 aliphatic heterocycles. The summed E-state index contributed by atoms with van der Waals surface area (Å²) in [5.74, 6) is -0.253. The van der Waals surface area contributed by atoms with Gasteiger partial charge in [-0.2, -0.15) is 0 Å². The molecule has 0 unspecified atom stereocenters. The number of hydrogen-bond donors (Lipinski definition) is 2. The third kappa shape index (κ3) is 2.57. The average molecular weight is 268 g/mol. The van der Waals surface area contributed by atoms with E-state index in [9.17, 15) is 4.79 Å². The Hall–Kier alpha value is -1.59. The zero-order valence-corrected chi connectivity index (χ0v) is 10.6. The molecule has 0 saturated carbocycles. The number of nitrogens with two attached hydrogens (primary N) is 1. The van der Waals surface area contributed by atoms with Crippen LogP contribution in [0.2, 0.25) is 5.02 Å². The molecule has 1 amide bonds. The van der Waals surface area contributed by atoms with Crippen LogP contribution >= 0.6 is 22.9 Å². The second-order valence-electron chi connectivity index (χ2n) is 3.45. The molecule has 2 aromatic rings. The fourth-order valence-corrected chi connectivity index (χ4v) is 2.33. The lowest BCUT2D eigenvalue weighted by molar-refractivity contribution is 0.102. The van der Waals surface area contributed by atoms with Gasteiger partial charge >= 0.3 is 0 Å². The summed E-state index contributed by atoms with van der Waals surface area (Å²) < 4.78 is 0. The van der Waals surface area contributed by atoms with Crippen LogP contribution in [0.3, 0.4) is 0 Å². The zero-order chi connectivity index (χ0) is 12.4. The van der Waals surface area contributed by atoms with Crippen LogP contribution in [0.1, 0.15) is 15.9 Å². The van der Waals surface area contributed by atoms with Crippen LogP contribution in [0.25, 0.3) is 0 Å². The summed E-state index contributed by atoms with van der Waals surface area (Å²) in [6.07, 6.45) is 1.52. The van der Waals surface area contributed by atoms with Gasteiger partial charge in [0.2, 0.25) is 0 Å². The highest BCUT2D eigenvalue weighted by molar-refractivity contribution is 7.19. The number of aryl methyl sites for hydroxylation is 1. The molecule has 0 spiro atoms. The van der Waals surface area contributed by atoms with E-state index in [0.717, 1.165) is 5.56 Å². The first-order valence-corrected chi connectivity index (χ1v) is 6.05. The highest BCUT2D eigenvalue weighted by atomic mass is 35.5. The molecule has 4 nitrogen and oxygen atoms in total. The number of nitrogens with zero attached hydrogens (tertiary/aromatic N) is 1. The standard InChI is InChI=1S/C11H10ClN3OS/c1-6-3-2-4-7(12)9(6)10(16)15-8-5-14-11(13)17-8/h2-5H,1H3,(H2,13,14)(H,15,16). The number of carbonyl (C=O) groups excluding carboxylic acids is 1. The number of nitrogen functional groups attached to an aromatic ring is 1. The summed E-state index contributed by atoms with van der Waals surface area (Å²) in [6, 6.07) is 5.32. The van der Waals surface area contributed by atoms with Crippen LogP contribution in [0.4, 0.5) is 10.1 Å². The molecule has 1 heterocycles. The second-order valence-corrected chi connectivity index (χ2v) is 4.92. The van der Waals surface area contributed by atoms with E-state index in [0.29, 0.717) is 20.7 Å². The van der Waals surface area contributed by atoms with Crippen molar-refractivity contribution < 1.29 is 4.79 Å². The Balaban J connectivity index is 2.26. The first kappa shape index (κ1) is 11.9. The fraction of sp³-hybridized carbons (Fsp3) is 0.0909. The van der Waals surface area contributed by atoms with E-state index >= 15 is 0 Å². The number of amides is 1. The van der Waals surface area contributed by atoms with Gasteiger partial charge in [-0.15, -0.1) is 0 Å². The van der Waals surface area contributed by atoms with Crippen molar-refractivity contribution in [2.24, 2.45) is 0 Å². The van der Waals surface area contributed by atoms with E-state index in [4.69, 9.17) is 17.3 Å². The molecule has 1 aromatic carbocycles. The van der Waals surface area contributed by atoms with E-state index in [1.807, 2.05) is 13.0 Å². The van der Waals surface area contributed by atoms with Crippen molar-refractivity contribution in [3.05, 3.63) is 40.5 Å². The molecule has 3 N–H and O–H groups in total. The minimum Gasteiger partial charge on any atom is -0.375 e. The molecule has 0 radical (unpaired) electrons. The number of anilines is 2. The molecule has 0 bridgehead atoms. The van der Waals surface area contributed by atoms with Gasteiger partial charge in [0.05, 0.1) is 16.8 Å². The largest absolute Gasteiger partial charge is 0.375 e. The number of nitrogens with one attached hydrogen (secondary N) is 1. The highest BCUT2D eigenvalue weighted by Crippen LogP contribution is 2.24. The molecule has 0 aliphatic carbocycles. The fourth-order valence-electron chi connectivity index (χ4n) is 1.44. The maximum atomic E-state index is 12.0. The van der Waals surface area contributed by atoms with Crippen molar-refractivity contribution in [2.45, 2.75) is 6.92 Å². The molecule has 0 saturated heterocycles. The van der Waals surface area contributed by atoms with Gasteiger partial charge in [0.1, 0.15) is 5.00 Å². The van der Waals surface area contributed by atoms with Gasteiger partial charge in [-0.3, -0.25) is 4.79 Å². The van der Waals surface area contributed by atoms with E-state index in [2.05, 4.69) is 10.3 Å². The smallest absolute Gasteiger partial charge is 0.258 e. The molecule has 17 heavy (non-hydrogen) atoms. The predicted molar refractivity (Wildman–Crippen MR) is 70.7 cm³/mol. The molecule has 6 heteroatoms. The van der Waals surface area contributed by atoms with Crippen LogP contribution in [-0.4, -0.2) is 10.9 Å². The van der Waals surface area contributed by atoms with Crippen LogP contribution < -0.4 is 11.1 Å². The normalized spacial score (nSPS) is 10.2. The Morgan fingerprint density at radius 1 is 1.53 bits per heavy atom. The molecule has 0 aliphatic rings. The summed E-state index contributed by atoms with van der Waals surface area (Å²) in [5.41, 5.74) is 6.78. The number of benzene rings is 1. The van der Waals surface area contributed by atoms with Crippen molar-refractivity contribution in [3.8, 4) is 0 Å². The Kier molecular flexibility index (Phi) is 3.31. The number of aromatic nitrogens is 1.